The van der Waals surface area contributed by atoms with E-state index in [2.05, 4.69) is 42.2 Å². The summed E-state index contributed by atoms with van der Waals surface area (Å²) in [6.07, 6.45) is 1.79. The average Bonchev–Trinajstić information content (AvgIpc) is 2.34. The van der Waals surface area contributed by atoms with Gasteiger partial charge in [-0.15, -0.1) is 0 Å². The van der Waals surface area contributed by atoms with E-state index in [0.717, 1.165) is 25.9 Å². The second kappa shape index (κ2) is 5.46. The van der Waals surface area contributed by atoms with Crippen LogP contribution in [-0.2, 0) is 11.2 Å². The summed E-state index contributed by atoms with van der Waals surface area (Å²) >= 11 is 0. The molecule has 0 spiro atoms. The fraction of sp³-hybridized carbons (Fsp3) is 0.533. The van der Waals surface area contributed by atoms with Crippen LogP contribution in [0.25, 0.3) is 0 Å². The van der Waals surface area contributed by atoms with Crippen LogP contribution in [0, 0.1) is 5.92 Å². The Morgan fingerprint density at radius 3 is 2.71 bits per heavy atom. The van der Waals surface area contributed by atoms with Gasteiger partial charge in [-0.2, -0.15) is 0 Å². The van der Waals surface area contributed by atoms with Gasteiger partial charge in [0.15, 0.2) is 0 Å². The lowest BCUT2D eigenvalue weighted by Crippen LogP contribution is -2.45. The molecule has 92 valence electrons. The number of nitrogens with zero attached hydrogens (tertiary/aromatic N) is 1. The summed E-state index contributed by atoms with van der Waals surface area (Å²) < 4.78 is 0. The van der Waals surface area contributed by atoms with Gasteiger partial charge in [-0.05, 0) is 18.9 Å². The van der Waals surface area contributed by atoms with Crippen LogP contribution in [0.3, 0.4) is 0 Å². The lowest BCUT2D eigenvalue weighted by Gasteiger charge is -2.34. The quantitative estimate of drug-likeness (QED) is 0.796. The molecule has 0 aromatic heterocycles. The van der Waals surface area contributed by atoms with E-state index < -0.39 is 0 Å². The molecule has 0 bridgehead atoms. The number of ketones is 1. The van der Waals surface area contributed by atoms with Crippen LogP contribution in [0.1, 0.15) is 25.8 Å². The van der Waals surface area contributed by atoms with Gasteiger partial charge in [0.1, 0.15) is 5.78 Å². The molecule has 1 saturated heterocycles. The van der Waals surface area contributed by atoms with Gasteiger partial charge in [-0.1, -0.05) is 37.3 Å². The number of likely N-dealkylation sites (tertiary alicyclic amines) is 1. The second-order valence-corrected chi connectivity index (χ2v) is 5.15. The third-order valence-electron chi connectivity index (χ3n) is 3.70. The Morgan fingerprint density at radius 1 is 1.35 bits per heavy atom. The van der Waals surface area contributed by atoms with Crippen molar-refractivity contribution in [1.29, 1.82) is 0 Å². The first-order valence-corrected chi connectivity index (χ1v) is 6.47. The van der Waals surface area contributed by atoms with Gasteiger partial charge in [0.25, 0.3) is 0 Å². The van der Waals surface area contributed by atoms with Crippen LogP contribution >= 0.6 is 0 Å². The van der Waals surface area contributed by atoms with Crippen molar-refractivity contribution in [3.63, 3.8) is 0 Å². The lowest BCUT2D eigenvalue weighted by molar-refractivity contribution is -0.126. The topological polar surface area (TPSA) is 20.3 Å². The summed E-state index contributed by atoms with van der Waals surface area (Å²) in [6, 6.07) is 11.1. The molecule has 1 aromatic carbocycles. The highest BCUT2D eigenvalue weighted by Gasteiger charge is 2.26. The SMILES string of the molecule is CC1CN(C(C)Cc2ccccc2)CCC1=O. The molecule has 0 aliphatic carbocycles. The van der Waals surface area contributed by atoms with Crippen molar-refractivity contribution in [2.75, 3.05) is 13.1 Å². The fourth-order valence-electron chi connectivity index (χ4n) is 2.53. The maximum atomic E-state index is 11.5. The first-order chi connectivity index (χ1) is 8.16. The van der Waals surface area contributed by atoms with E-state index in [9.17, 15) is 4.79 Å². The van der Waals surface area contributed by atoms with Crippen LogP contribution in [0.4, 0.5) is 0 Å². The van der Waals surface area contributed by atoms with Crippen molar-refractivity contribution in [3.05, 3.63) is 35.9 Å². The predicted octanol–water partition coefficient (Wildman–Crippen LogP) is 2.53. The number of rotatable bonds is 3. The van der Waals surface area contributed by atoms with Crippen molar-refractivity contribution in [1.82, 2.24) is 4.90 Å². The molecule has 0 saturated carbocycles. The van der Waals surface area contributed by atoms with Crippen molar-refractivity contribution < 1.29 is 4.79 Å². The van der Waals surface area contributed by atoms with Crippen molar-refractivity contribution >= 4 is 5.78 Å². The number of carbonyl (C=O) groups is 1. The molecule has 2 nitrogen and oxygen atoms in total. The Bertz CT molecular complexity index is 374. The highest BCUT2D eigenvalue weighted by atomic mass is 16.1. The van der Waals surface area contributed by atoms with E-state index in [1.54, 1.807) is 0 Å². The molecule has 1 fully saturated rings. The Balaban J connectivity index is 1.92. The molecule has 1 aliphatic rings. The highest BCUT2D eigenvalue weighted by molar-refractivity contribution is 5.81. The smallest absolute Gasteiger partial charge is 0.138 e. The Labute approximate surface area is 104 Å². The molecule has 0 N–H and O–H groups in total. The van der Waals surface area contributed by atoms with E-state index in [0.29, 0.717) is 11.8 Å². The van der Waals surface area contributed by atoms with Crippen LogP contribution in [-0.4, -0.2) is 29.8 Å². The Kier molecular flexibility index (Phi) is 3.95. The van der Waals surface area contributed by atoms with Crippen molar-refractivity contribution in [2.45, 2.75) is 32.7 Å². The standard InChI is InChI=1S/C15H21NO/c1-12-11-16(9-8-15(12)17)13(2)10-14-6-4-3-5-7-14/h3-7,12-13H,8-11H2,1-2H3. The minimum Gasteiger partial charge on any atom is -0.299 e. The summed E-state index contributed by atoms with van der Waals surface area (Å²) in [4.78, 5) is 13.9. The first kappa shape index (κ1) is 12.3. The number of carbonyl (C=O) groups excluding carboxylic acids is 1. The molecule has 0 radical (unpaired) electrons. The molecular weight excluding hydrogens is 210 g/mol. The average molecular weight is 231 g/mol. The monoisotopic (exact) mass is 231 g/mol. The summed E-state index contributed by atoms with van der Waals surface area (Å²) in [6.45, 7) is 6.16. The summed E-state index contributed by atoms with van der Waals surface area (Å²) in [5.41, 5.74) is 1.38. The van der Waals surface area contributed by atoms with Gasteiger partial charge in [0, 0.05) is 31.5 Å². The van der Waals surface area contributed by atoms with Gasteiger partial charge in [-0.25, -0.2) is 0 Å². The van der Waals surface area contributed by atoms with Crippen LogP contribution in [0.5, 0.6) is 0 Å². The Hall–Kier alpha value is -1.15. The fourth-order valence-corrected chi connectivity index (χ4v) is 2.53. The highest BCUT2D eigenvalue weighted by Crippen LogP contribution is 2.17. The van der Waals surface area contributed by atoms with E-state index in [-0.39, 0.29) is 5.92 Å². The molecule has 2 unspecified atom stereocenters. The molecule has 1 aromatic rings. The minimum atomic E-state index is 0.210. The van der Waals surface area contributed by atoms with Gasteiger partial charge in [-0.3, -0.25) is 9.69 Å². The van der Waals surface area contributed by atoms with Crippen molar-refractivity contribution in [3.8, 4) is 0 Å². The van der Waals surface area contributed by atoms with E-state index in [1.807, 2.05) is 6.92 Å². The first-order valence-electron chi connectivity index (χ1n) is 6.47. The maximum absolute atomic E-state index is 11.5. The number of hydrogen-bond acceptors (Lipinski definition) is 2. The van der Waals surface area contributed by atoms with Crippen LogP contribution in [0.2, 0.25) is 0 Å². The summed E-state index contributed by atoms with van der Waals surface area (Å²) in [7, 11) is 0. The second-order valence-electron chi connectivity index (χ2n) is 5.15. The van der Waals surface area contributed by atoms with Gasteiger partial charge in [0.05, 0.1) is 0 Å². The zero-order valence-electron chi connectivity index (χ0n) is 10.7. The third-order valence-corrected chi connectivity index (χ3v) is 3.70. The number of hydrogen-bond donors (Lipinski definition) is 0. The largest absolute Gasteiger partial charge is 0.299 e. The zero-order chi connectivity index (χ0) is 12.3. The molecule has 2 rings (SSSR count). The molecule has 17 heavy (non-hydrogen) atoms. The molecule has 0 amide bonds. The number of piperidine rings is 1. The van der Waals surface area contributed by atoms with Crippen LogP contribution in [0.15, 0.2) is 30.3 Å². The number of Topliss-reactive ketones (excluding diaryl/α,β-unsaturated/α-hetero) is 1. The van der Waals surface area contributed by atoms with Gasteiger partial charge in [0.2, 0.25) is 0 Å². The summed E-state index contributed by atoms with van der Waals surface area (Å²) in [5.74, 6) is 0.634. The molecule has 2 atom stereocenters. The molecule has 1 aliphatic heterocycles. The maximum Gasteiger partial charge on any atom is 0.138 e. The zero-order valence-corrected chi connectivity index (χ0v) is 10.7. The normalized spacial score (nSPS) is 23.6. The molecular formula is C15H21NO. The Morgan fingerprint density at radius 2 is 2.06 bits per heavy atom. The number of benzene rings is 1. The van der Waals surface area contributed by atoms with E-state index in [4.69, 9.17) is 0 Å². The molecule has 1 heterocycles. The van der Waals surface area contributed by atoms with Gasteiger partial charge < -0.3 is 0 Å². The summed E-state index contributed by atoms with van der Waals surface area (Å²) in [5, 5.41) is 0. The van der Waals surface area contributed by atoms with E-state index in [1.165, 1.54) is 5.56 Å². The van der Waals surface area contributed by atoms with Crippen LogP contribution < -0.4 is 0 Å². The third kappa shape index (κ3) is 3.16. The van der Waals surface area contributed by atoms with E-state index >= 15 is 0 Å². The molecule has 2 heteroatoms. The lowest BCUT2D eigenvalue weighted by atomic mass is 9.96. The minimum absolute atomic E-state index is 0.210. The predicted molar refractivity (Wildman–Crippen MR) is 70.0 cm³/mol. The van der Waals surface area contributed by atoms with Crippen molar-refractivity contribution in [2.24, 2.45) is 5.92 Å². The van der Waals surface area contributed by atoms with Gasteiger partial charge >= 0.3 is 0 Å².